The molecule has 0 N–H and O–H groups in total. The second-order valence-electron chi connectivity index (χ2n) is 5.88. The van der Waals surface area contributed by atoms with E-state index in [1.54, 1.807) is 6.20 Å². The summed E-state index contributed by atoms with van der Waals surface area (Å²) < 4.78 is 0. The normalized spacial score (nSPS) is 19.7. The van der Waals surface area contributed by atoms with Crippen molar-refractivity contribution < 1.29 is 4.79 Å². The number of carbonyl (C=O) groups excluding carboxylic acids is 1. The first-order chi connectivity index (χ1) is 10.7. The van der Waals surface area contributed by atoms with Crippen LogP contribution in [-0.4, -0.2) is 22.8 Å². The zero-order valence-corrected chi connectivity index (χ0v) is 15.0. The molecule has 3 heteroatoms. The molecule has 0 saturated heterocycles. The van der Waals surface area contributed by atoms with E-state index in [0.717, 1.165) is 24.8 Å². The molecule has 3 nitrogen and oxygen atoms in total. The molecule has 2 rings (SSSR count). The summed E-state index contributed by atoms with van der Waals surface area (Å²) in [5.41, 5.74) is 1.90. The van der Waals surface area contributed by atoms with Crippen LogP contribution in [0.2, 0.25) is 0 Å². The van der Waals surface area contributed by atoms with Crippen molar-refractivity contribution >= 4 is 5.91 Å². The number of fused-ring (bicyclic) bond motifs is 1. The van der Waals surface area contributed by atoms with E-state index >= 15 is 0 Å². The molecule has 1 amide bonds. The average molecular weight is 304 g/mol. The molecule has 1 unspecified atom stereocenters. The lowest BCUT2D eigenvalue weighted by Crippen LogP contribution is -2.41. The van der Waals surface area contributed by atoms with Crippen molar-refractivity contribution in [1.82, 2.24) is 9.88 Å². The molecule has 0 aromatic carbocycles. The minimum atomic E-state index is -0.0994. The van der Waals surface area contributed by atoms with Gasteiger partial charge in [0, 0.05) is 19.4 Å². The van der Waals surface area contributed by atoms with Gasteiger partial charge in [-0.1, -0.05) is 59.8 Å². The number of carbonyl (C=O) groups is 1. The number of pyridine rings is 1. The topological polar surface area (TPSA) is 33.2 Å². The Kier molecular flexibility index (Phi) is 7.57. The molecule has 1 aromatic rings. The van der Waals surface area contributed by atoms with Gasteiger partial charge in [0.15, 0.2) is 0 Å². The van der Waals surface area contributed by atoms with E-state index in [1.165, 1.54) is 31.2 Å². The number of rotatable bonds is 7. The fraction of sp³-hybridized carbons (Fsp3) is 0.684. The van der Waals surface area contributed by atoms with Gasteiger partial charge >= 0.3 is 0 Å². The molecular formula is C19H32N2O. The largest absolute Gasteiger partial charge is 0.332 e. The number of nitrogens with zero attached hydrogens (tertiary/aromatic N) is 2. The average Bonchev–Trinajstić information content (AvgIpc) is 2.77. The van der Waals surface area contributed by atoms with Crippen LogP contribution < -0.4 is 0 Å². The van der Waals surface area contributed by atoms with Gasteiger partial charge in [0.25, 0.3) is 5.91 Å². The maximum Gasteiger partial charge on any atom is 0.256 e. The van der Waals surface area contributed by atoms with Crippen molar-refractivity contribution in [2.75, 3.05) is 7.05 Å². The minimum absolute atomic E-state index is 0.0994. The zero-order valence-electron chi connectivity index (χ0n) is 15.0. The smallest absolute Gasteiger partial charge is 0.256 e. The van der Waals surface area contributed by atoms with Crippen LogP contribution in [0.15, 0.2) is 18.5 Å². The van der Waals surface area contributed by atoms with Crippen LogP contribution in [0, 0.1) is 0 Å². The van der Waals surface area contributed by atoms with Crippen LogP contribution in [0.25, 0.3) is 0 Å². The van der Waals surface area contributed by atoms with Crippen LogP contribution in [0.1, 0.15) is 88.6 Å². The van der Waals surface area contributed by atoms with Crippen molar-refractivity contribution in [2.45, 2.75) is 78.2 Å². The summed E-state index contributed by atoms with van der Waals surface area (Å²) in [5.74, 6) is 0.136. The Labute approximate surface area is 136 Å². The second kappa shape index (κ2) is 8.92. The summed E-state index contributed by atoms with van der Waals surface area (Å²) in [6, 6.07) is 2.05. The van der Waals surface area contributed by atoms with Crippen LogP contribution >= 0.6 is 0 Å². The number of hydrogen-bond donors (Lipinski definition) is 0. The van der Waals surface area contributed by atoms with Crippen molar-refractivity contribution in [3.8, 4) is 0 Å². The highest BCUT2D eigenvalue weighted by molar-refractivity contribution is 5.99. The lowest BCUT2D eigenvalue weighted by molar-refractivity contribution is 0.0578. The minimum Gasteiger partial charge on any atom is -0.332 e. The fourth-order valence-electron chi connectivity index (χ4n) is 3.51. The van der Waals surface area contributed by atoms with Gasteiger partial charge in [-0.2, -0.15) is 0 Å². The monoisotopic (exact) mass is 304 g/mol. The number of aromatic nitrogens is 1. The summed E-state index contributed by atoms with van der Waals surface area (Å²) in [5, 5.41) is 0. The standard InChI is InChI=1S/C17H26N2O.C2H6/c1-4-6-7-8-11-17(10-5-2)15-9-12-18-13-14(15)16(20)19(17)3;1-2/h9,12-13H,4-8,10-11H2,1-3H3;1-2H3. The Hall–Kier alpha value is -1.38. The Morgan fingerprint density at radius 3 is 2.45 bits per heavy atom. The first kappa shape index (κ1) is 18.7. The Morgan fingerprint density at radius 1 is 1.09 bits per heavy atom. The highest BCUT2D eigenvalue weighted by atomic mass is 16.2. The highest BCUT2D eigenvalue weighted by Crippen LogP contribution is 2.44. The van der Waals surface area contributed by atoms with Crippen LogP contribution in [0.3, 0.4) is 0 Å². The molecule has 2 heterocycles. The first-order valence-corrected chi connectivity index (χ1v) is 8.90. The predicted octanol–water partition coefficient (Wildman–Crippen LogP) is 5.16. The molecule has 124 valence electrons. The predicted molar refractivity (Wildman–Crippen MR) is 93.0 cm³/mol. The Bertz CT molecular complexity index is 472. The molecule has 0 aliphatic carbocycles. The van der Waals surface area contributed by atoms with Gasteiger partial charge in [0.05, 0.1) is 11.1 Å². The lowest BCUT2D eigenvalue weighted by Gasteiger charge is -2.37. The molecule has 1 aliphatic rings. The van der Waals surface area contributed by atoms with Crippen LogP contribution in [-0.2, 0) is 5.54 Å². The maximum absolute atomic E-state index is 12.5. The van der Waals surface area contributed by atoms with E-state index in [2.05, 4.69) is 18.8 Å². The molecule has 0 fully saturated rings. The van der Waals surface area contributed by atoms with Gasteiger partial charge in [0.1, 0.15) is 0 Å². The Balaban J connectivity index is 0.00000116. The van der Waals surface area contributed by atoms with Crippen molar-refractivity contribution in [1.29, 1.82) is 0 Å². The summed E-state index contributed by atoms with van der Waals surface area (Å²) >= 11 is 0. The highest BCUT2D eigenvalue weighted by Gasteiger charge is 2.46. The van der Waals surface area contributed by atoms with Crippen LogP contribution in [0.5, 0.6) is 0 Å². The summed E-state index contributed by atoms with van der Waals surface area (Å²) in [6.45, 7) is 8.43. The van der Waals surface area contributed by atoms with Crippen LogP contribution in [0.4, 0.5) is 0 Å². The molecular weight excluding hydrogens is 272 g/mol. The maximum atomic E-state index is 12.5. The van der Waals surface area contributed by atoms with Gasteiger partial charge in [-0.15, -0.1) is 0 Å². The first-order valence-electron chi connectivity index (χ1n) is 8.90. The molecule has 22 heavy (non-hydrogen) atoms. The molecule has 1 atom stereocenters. The molecule has 0 saturated carbocycles. The van der Waals surface area contributed by atoms with Gasteiger partial charge in [-0.3, -0.25) is 9.78 Å². The lowest BCUT2D eigenvalue weighted by atomic mass is 9.81. The van der Waals surface area contributed by atoms with Gasteiger partial charge in [0.2, 0.25) is 0 Å². The number of hydrogen-bond acceptors (Lipinski definition) is 2. The summed E-state index contributed by atoms with van der Waals surface area (Å²) in [4.78, 5) is 18.6. The fourth-order valence-corrected chi connectivity index (χ4v) is 3.51. The van der Waals surface area contributed by atoms with E-state index < -0.39 is 0 Å². The molecule has 1 aromatic heterocycles. The Morgan fingerprint density at radius 2 is 1.82 bits per heavy atom. The van der Waals surface area contributed by atoms with E-state index in [9.17, 15) is 4.79 Å². The third kappa shape index (κ3) is 3.50. The SMILES string of the molecule is CC.CCCCCCC1(CCC)c2ccncc2C(=O)N1C. The van der Waals surface area contributed by atoms with Crippen molar-refractivity contribution in [2.24, 2.45) is 0 Å². The third-order valence-electron chi connectivity index (χ3n) is 4.61. The summed E-state index contributed by atoms with van der Waals surface area (Å²) in [7, 11) is 1.96. The molecule has 0 radical (unpaired) electrons. The van der Waals surface area contributed by atoms with E-state index in [4.69, 9.17) is 0 Å². The van der Waals surface area contributed by atoms with E-state index in [0.29, 0.717) is 0 Å². The van der Waals surface area contributed by atoms with Gasteiger partial charge < -0.3 is 4.90 Å². The molecule has 1 aliphatic heterocycles. The second-order valence-corrected chi connectivity index (χ2v) is 5.88. The van der Waals surface area contributed by atoms with Crippen molar-refractivity contribution in [3.63, 3.8) is 0 Å². The summed E-state index contributed by atoms with van der Waals surface area (Å²) in [6.07, 6.45) is 11.7. The van der Waals surface area contributed by atoms with E-state index in [1.807, 2.05) is 38.1 Å². The third-order valence-corrected chi connectivity index (χ3v) is 4.61. The zero-order chi connectivity index (χ0) is 16.6. The number of amides is 1. The number of unbranched alkanes of at least 4 members (excludes halogenated alkanes) is 3. The van der Waals surface area contributed by atoms with Gasteiger partial charge in [-0.05, 0) is 24.5 Å². The molecule has 0 spiro atoms. The van der Waals surface area contributed by atoms with E-state index in [-0.39, 0.29) is 11.4 Å². The van der Waals surface area contributed by atoms with Crippen molar-refractivity contribution in [3.05, 3.63) is 29.6 Å². The molecule has 0 bridgehead atoms. The van der Waals surface area contributed by atoms with Gasteiger partial charge in [-0.25, -0.2) is 0 Å². The quantitative estimate of drug-likeness (QED) is 0.652.